The van der Waals surface area contributed by atoms with Crippen LogP contribution in [0.25, 0.3) is 0 Å². The summed E-state index contributed by atoms with van der Waals surface area (Å²) < 4.78 is 27.5. The van der Waals surface area contributed by atoms with Gasteiger partial charge in [0.1, 0.15) is 0 Å². The van der Waals surface area contributed by atoms with E-state index in [0.29, 0.717) is 11.4 Å². The number of aromatic nitrogens is 2. The normalized spacial score (nSPS) is 28.3. The van der Waals surface area contributed by atoms with Gasteiger partial charge in [-0.25, -0.2) is 27.9 Å². The van der Waals surface area contributed by atoms with E-state index in [1.165, 1.54) is 56.9 Å². The molecule has 4 aliphatic carbocycles. The number of nitrogens with one attached hydrogen (secondary N) is 3. The lowest BCUT2D eigenvalue weighted by atomic mass is 9.49. The van der Waals surface area contributed by atoms with Gasteiger partial charge in [-0.1, -0.05) is 0 Å². The first kappa shape index (κ1) is 21.2. The molecule has 0 unspecified atom stereocenters. The fraction of sp³-hybridized carbons (Fsp3) is 0.522. The van der Waals surface area contributed by atoms with Gasteiger partial charge >= 0.3 is 6.03 Å². The number of nitrogens with zero attached hydrogens (tertiary/aromatic N) is 2. The van der Waals surface area contributed by atoms with E-state index in [4.69, 9.17) is 0 Å². The van der Waals surface area contributed by atoms with Crippen LogP contribution >= 0.6 is 0 Å². The van der Waals surface area contributed by atoms with Crippen molar-refractivity contribution in [2.45, 2.75) is 50.3 Å². The van der Waals surface area contributed by atoms with Gasteiger partial charge in [-0.2, -0.15) is 0 Å². The highest BCUT2D eigenvalue weighted by Crippen LogP contribution is 2.59. The van der Waals surface area contributed by atoms with Crippen molar-refractivity contribution in [1.29, 1.82) is 0 Å². The molecule has 4 bridgehead atoms. The van der Waals surface area contributed by atoms with Gasteiger partial charge in [-0.3, -0.25) is 0 Å². The monoisotopic (exact) mass is 455 g/mol. The molecule has 9 heteroatoms. The summed E-state index contributed by atoms with van der Waals surface area (Å²) in [7, 11) is -3.81. The van der Waals surface area contributed by atoms with Gasteiger partial charge in [0.15, 0.2) is 0 Å². The van der Waals surface area contributed by atoms with E-state index < -0.39 is 10.0 Å². The van der Waals surface area contributed by atoms with E-state index in [-0.39, 0.29) is 22.3 Å². The molecule has 4 fully saturated rings. The number of hydrogen-bond acceptors (Lipinski definition) is 5. The summed E-state index contributed by atoms with van der Waals surface area (Å²) in [6.45, 7) is 2.48. The molecule has 4 saturated carbocycles. The molecular formula is C23H29N5O3S. The summed E-state index contributed by atoms with van der Waals surface area (Å²) in [5, 5.41) is 5.89. The first-order valence-electron chi connectivity index (χ1n) is 11.3. The van der Waals surface area contributed by atoms with E-state index >= 15 is 0 Å². The highest BCUT2D eigenvalue weighted by Gasteiger charge is 2.50. The Labute approximate surface area is 188 Å². The number of amides is 2. The van der Waals surface area contributed by atoms with Crippen LogP contribution in [0, 0.1) is 30.1 Å². The zero-order chi connectivity index (χ0) is 22.3. The molecule has 1 aromatic carbocycles. The number of aryl methyl sites for hydroxylation is 1. The van der Waals surface area contributed by atoms with Crippen molar-refractivity contribution in [3.05, 3.63) is 42.2 Å². The Morgan fingerprint density at radius 2 is 1.66 bits per heavy atom. The van der Waals surface area contributed by atoms with Gasteiger partial charge in [0.05, 0.1) is 4.90 Å². The zero-order valence-electron chi connectivity index (χ0n) is 18.2. The first-order chi connectivity index (χ1) is 15.3. The van der Waals surface area contributed by atoms with E-state index in [2.05, 4.69) is 25.3 Å². The van der Waals surface area contributed by atoms with Gasteiger partial charge in [0.2, 0.25) is 5.95 Å². The topological polar surface area (TPSA) is 113 Å². The molecule has 0 radical (unpaired) electrons. The smallest absolute Gasteiger partial charge is 0.319 e. The number of benzene rings is 1. The van der Waals surface area contributed by atoms with E-state index in [9.17, 15) is 13.2 Å². The molecule has 3 N–H and O–H groups in total. The molecule has 0 spiro atoms. The van der Waals surface area contributed by atoms with Crippen LogP contribution in [0.15, 0.2) is 41.4 Å². The molecule has 1 aromatic heterocycles. The van der Waals surface area contributed by atoms with Crippen LogP contribution in [0.1, 0.15) is 44.2 Å². The molecule has 4 aliphatic rings. The Balaban J connectivity index is 1.17. The second-order valence-electron chi connectivity index (χ2n) is 9.88. The average molecular weight is 456 g/mol. The molecule has 8 nitrogen and oxygen atoms in total. The minimum absolute atomic E-state index is 0.0243. The summed E-state index contributed by atoms with van der Waals surface area (Å²) in [5.74, 6) is 2.56. The predicted octanol–water partition coefficient (Wildman–Crippen LogP) is 3.92. The van der Waals surface area contributed by atoms with Gasteiger partial charge in [0, 0.05) is 24.1 Å². The molecule has 1 heterocycles. The van der Waals surface area contributed by atoms with Crippen molar-refractivity contribution in [3.8, 4) is 0 Å². The van der Waals surface area contributed by atoms with Gasteiger partial charge < -0.3 is 10.6 Å². The van der Waals surface area contributed by atoms with Crippen LogP contribution in [0.2, 0.25) is 0 Å². The van der Waals surface area contributed by atoms with Crippen LogP contribution < -0.4 is 15.4 Å². The fourth-order valence-electron chi connectivity index (χ4n) is 6.34. The van der Waals surface area contributed by atoms with Crippen molar-refractivity contribution in [1.82, 2.24) is 15.3 Å². The molecule has 170 valence electrons. The van der Waals surface area contributed by atoms with Crippen LogP contribution in [-0.4, -0.2) is 31.0 Å². The van der Waals surface area contributed by atoms with Gasteiger partial charge in [-0.15, -0.1) is 0 Å². The fourth-order valence-corrected chi connectivity index (χ4v) is 7.30. The summed E-state index contributed by atoms with van der Waals surface area (Å²) >= 11 is 0. The van der Waals surface area contributed by atoms with Crippen LogP contribution in [0.3, 0.4) is 0 Å². The van der Waals surface area contributed by atoms with Crippen molar-refractivity contribution < 1.29 is 13.2 Å². The Hall–Kier alpha value is -2.68. The maximum atomic E-state index is 12.6. The van der Waals surface area contributed by atoms with Crippen LogP contribution in [-0.2, 0) is 10.0 Å². The maximum absolute atomic E-state index is 12.6. The number of urea groups is 1. The standard InChI is InChI=1S/C23H29N5O3S/c1-15-6-7-24-21(26-15)28-32(30,31)20-4-2-19(3-5-20)27-22(29)25-14-23-11-16-8-17(12-23)10-18(9-16)13-23/h2-7,16-18H,8-14H2,1H3,(H,24,26,28)(H2,25,27,29). The quantitative estimate of drug-likeness (QED) is 0.611. The minimum atomic E-state index is -3.81. The summed E-state index contributed by atoms with van der Waals surface area (Å²) in [5.41, 5.74) is 1.48. The lowest BCUT2D eigenvalue weighted by Gasteiger charge is -2.56. The van der Waals surface area contributed by atoms with Gasteiger partial charge in [0.25, 0.3) is 10.0 Å². The van der Waals surface area contributed by atoms with E-state index in [0.717, 1.165) is 24.3 Å². The van der Waals surface area contributed by atoms with Gasteiger partial charge in [-0.05, 0) is 98.9 Å². The van der Waals surface area contributed by atoms with Crippen molar-refractivity contribution in [2.75, 3.05) is 16.6 Å². The predicted molar refractivity (Wildman–Crippen MR) is 122 cm³/mol. The number of carbonyl (C=O) groups is 1. The Morgan fingerprint density at radius 3 is 2.25 bits per heavy atom. The highest BCUT2D eigenvalue weighted by atomic mass is 32.2. The number of sulfonamides is 1. The average Bonchev–Trinajstić information content (AvgIpc) is 2.72. The Bertz CT molecular complexity index is 1080. The molecule has 2 amide bonds. The minimum Gasteiger partial charge on any atom is -0.337 e. The van der Waals surface area contributed by atoms with Crippen LogP contribution in [0.5, 0.6) is 0 Å². The largest absolute Gasteiger partial charge is 0.337 e. The maximum Gasteiger partial charge on any atom is 0.319 e. The SMILES string of the molecule is Cc1ccnc(NS(=O)(=O)c2ccc(NC(=O)NCC34CC5CC(CC(C5)C3)C4)cc2)n1. The third kappa shape index (κ3) is 4.44. The number of rotatable bonds is 6. The molecule has 0 aliphatic heterocycles. The van der Waals surface area contributed by atoms with Crippen LogP contribution in [0.4, 0.5) is 16.4 Å². The van der Waals surface area contributed by atoms with Crippen molar-refractivity contribution in [3.63, 3.8) is 0 Å². The van der Waals surface area contributed by atoms with Crippen molar-refractivity contribution in [2.24, 2.45) is 23.2 Å². The summed E-state index contributed by atoms with van der Waals surface area (Å²) in [4.78, 5) is 20.6. The van der Waals surface area contributed by atoms with E-state index in [1.54, 1.807) is 25.1 Å². The van der Waals surface area contributed by atoms with E-state index in [1.807, 2.05) is 0 Å². The third-order valence-electron chi connectivity index (χ3n) is 7.23. The Morgan fingerprint density at radius 1 is 1.03 bits per heavy atom. The third-order valence-corrected chi connectivity index (χ3v) is 8.58. The molecule has 0 saturated heterocycles. The molecular weight excluding hydrogens is 426 g/mol. The Kier molecular flexibility index (Phi) is 5.31. The zero-order valence-corrected chi connectivity index (χ0v) is 19.0. The highest BCUT2D eigenvalue weighted by molar-refractivity contribution is 7.92. The molecule has 0 atom stereocenters. The second kappa shape index (κ2) is 8.03. The second-order valence-corrected chi connectivity index (χ2v) is 11.6. The molecule has 2 aromatic rings. The molecule has 32 heavy (non-hydrogen) atoms. The summed E-state index contributed by atoms with van der Waals surface area (Å²) in [6, 6.07) is 7.50. The number of carbonyl (C=O) groups excluding carboxylic acids is 1. The van der Waals surface area contributed by atoms with Crippen molar-refractivity contribution >= 4 is 27.7 Å². The lowest BCUT2D eigenvalue weighted by Crippen LogP contribution is -2.51. The summed E-state index contributed by atoms with van der Waals surface area (Å²) in [6.07, 6.45) is 9.36. The lowest BCUT2D eigenvalue weighted by molar-refractivity contribution is -0.0496. The number of anilines is 2. The molecule has 6 rings (SSSR count). The first-order valence-corrected chi connectivity index (χ1v) is 12.7. The number of hydrogen-bond donors (Lipinski definition) is 3.